The summed E-state index contributed by atoms with van der Waals surface area (Å²) in [5, 5.41) is 1.08. The van der Waals surface area contributed by atoms with Gasteiger partial charge >= 0.3 is 6.18 Å². The van der Waals surface area contributed by atoms with E-state index < -0.39 is 12.1 Å². The average Bonchev–Trinajstić information content (AvgIpc) is 3.27. The lowest BCUT2D eigenvalue weighted by Crippen LogP contribution is -2.21. The minimum absolute atomic E-state index is 0.186. The molecule has 2 aromatic carbocycles. The maximum atomic E-state index is 14.0. The summed E-state index contributed by atoms with van der Waals surface area (Å²) in [6, 6.07) is 12.1. The van der Waals surface area contributed by atoms with Crippen molar-refractivity contribution in [2.75, 3.05) is 7.11 Å². The molecule has 2 aromatic heterocycles. The minimum Gasteiger partial charge on any atom is -0.497 e. The van der Waals surface area contributed by atoms with Crippen molar-refractivity contribution < 1.29 is 17.9 Å². The largest absolute Gasteiger partial charge is 0.497 e. The van der Waals surface area contributed by atoms with Crippen LogP contribution in [0.25, 0.3) is 21.8 Å². The number of aromatic nitrogens is 2. The number of ether oxygens (including phenoxy) is 1. The van der Waals surface area contributed by atoms with Crippen LogP contribution in [-0.2, 0) is 0 Å². The van der Waals surface area contributed by atoms with Gasteiger partial charge in [-0.25, -0.2) is 0 Å². The predicted molar refractivity (Wildman–Crippen MR) is 102 cm³/mol. The molecule has 0 radical (unpaired) electrons. The standard InChI is InChI=1S/C19H15F3N2O.C2H6/c1-25-11-6-7-17-13(8-11)15(10-24-17)18(19(20,21)22)14-9-23-16-5-3-2-4-12(14)16;1-2/h2-10,18,23-24H,1H3;1-2H3. The van der Waals surface area contributed by atoms with Crippen molar-refractivity contribution in [1.29, 1.82) is 0 Å². The lowest BCUT2D eigenvalue weighted by molar-refractivity contribution is -0.140. The fraction of sp³-hybridized carbons (Fsp3) is 0.238. The maximum absolute atomic E-state index is 14.0. The summed E-state index contributed by atoms with van der Waals surface area (Å²) in [4.78, 5) is 5.87. The molecule has 1 atom stereocenters. The Labute approximate surface area is 155 Å². The van der Waals surface area contributed by atoms with Gasteiger partial charge in [-0.3, -0.25) is 0 Å². The zero-order valence-electron chi connectivity index (χ0n) is 15.3. The van der Waals surface area contributed by atoms with Gasteiger partial charge in [0, 0.05) is 34.2 Å². The Morgan fingerprint density at radius 3 is 2.07 bits per heavy atom. The van der Waals surface area contributed by atoms with Crippen LogP contribution in [0.2, 0.25) is 0 Å². The van der Waals surface area contributed by atoms with Gasteiger partial charge in [-0.1, -0.05) is 32.0 Å². The predicted octanol–water partition coefficient (Wildman–Crippen LogP) is 6.38. The molecule has 3 nitrogen and oxygen atoms in total. The van der Waals surface area contributed by atoms with Gasteiger partial charge in [-0.2, -0.15) is 13.2 Å². The Morgan fingerprint density at radius 2 is 1.44 bits per heavy atom. The summed E-state index contributed by atoms with van der Waals surface area (Å²) in [5.41, 5.74) is 1.73. The van der Waals surface area contributed by atoms with E-state index in [-0.39, 0.29) is 11.1 Å². The molecule has 0 saturated carbocycles. The van der Waals surface area contributed by atoms with E-state index in [1.54, 1.807) is 42.5 Å². The molecule has 0 saturated heterocycles. The van der Waals surface area contributed by atoms with Crippen molar-refractivity contribution in [3.8, 4) is 5.75 Å². The number of halogens is 3. The van der Waals surface area contributed by atoms with Crippen molar-refractivity contribution in [2.24, 2.45) is 0 Å². The summed E-state index contributed by atoms with van der Waals surface area (Å²) in [6.07, 6.45) is -1.55. The van der Waals surface area contributed by atoms with Gasteiger partial charge in [-0.05, 0) is 35.4 Å². The minimum atomic E-state index is -4.43. The Kier molecular flexibility index (Phi) is 5.17. The molecule has 0 aliphatic carbocycles. The van der Waals surface area contributed by atoms with Crippen molar-refractivity contribution in [2.45, 2.75) is 25.9 Å². The third-order valence-corrected chi connectivity index (χ3v) is 4.49. The monoisotopic (exact) mass is 374 g/mol. The first-order valence-electron chi connectivity index (χ1n) is 8.77. The van der Waals surface area contributed by atoms with E-state index in [1.807, 2.05) is 13.8 Å². The van der Waals surface area contributed by atoms with Crippen molar-refractivity contribution in [1.82, 2.24) is 9.97 Å². The molecular formula is C21H21F3N2O. The molecule has 142 valence electrons. The van der Waals surface area contributed by atoms with Gasteiger partial charge < -0.3 is 14.7 Å². The van der Waals surface area contributed by atoms with Crippen LogP contribution >= 0.6 is 0 Å². The van der Waals surface area contributed by atoms with Crippen LogP contribution in [0.1, 0.15) is 30.9 Å². The number of hydrogen-bond acceptors (Lipinski definition) is 1. The van der Waals surface area contributed by atoms with Gasteiger partial charge in [0.25, 0.3) is 0 Å². The van der Waals surface area contributed by atoms with E-state index in [1.165, 1.54) is 19.5 Å². The van der Waals surface area contributed by atoms with Gasteiger partial charge in [0.2, 0.25) is 0 Å². The Hall–Kier alpha value is -2.89. The van der Waals surface area contributed by atoms with Crippen LogP contribution in [-0.4, -0.2) is 23.3 Å². The zero-order chi connectivity index (χ0) is 19.6. The van der Waals surface area contributed by atoms with E-state index in [9.17, 15) is 13.2 Å². The Morgan fingerprint density at radius 1 is 0.852 bits per heavy atom. The highest BCUT2D eigenvalue weighted by atomic mass is 19.4. The van der Waals surface area contributed by atoms with E-state index in [0.717, 1.165) is 0 Å². The molecule has 0 bridgehead atoms. The topological polar surface area (TPSA) is 40.8 Å². The molecule has 1 unspecified atom stereocenters. The Balaban J connectivity index is 0.00000102. The van der Waals surface area contributed by atoms with Crippen molar-refractivity contribution in [3.05, 3.63) is 66.0 Å². The van der Waals surface area contributed by atoms with Crippen LogP contribution in [0.3, 0.4) is 0 Å². The summed E-state index contributed by atoms with van der Waals surface area (Å²) in [6.45, 7) is 4.00. The number of aromatic amines is 2. The quantitative estimate of drug-likeness (QED) is 0.429. The molecule has 4 aromatic rings. The van der Waals surface area contributed by atoms with Crippen LogP contribution in [0.4, 0.5) is 13.2 Å². The van der Waals surface area contributed by atoms with Crippen molar-refractivity contribution >= 4 is 21.8 Å². The number of rotatable bonds is 3. The lowest BCUT2D eigenvalue weighted by atomic mass is 9.90. The molecule has 0 aliphatic rings. The smallest absolute Gasteiger partial charge is 0.399 e. The third-order valence-electron chi connectivity index (χ3n) is 4.49. The number of hydrogen-bond donors (Lipinski definition) is 2. The third kappa shape index (κ3) is 3.39. The van der Waals surface area contributed by atoms with Crippen molar-refractivity contribution in [3.63, 3.8) is 0 Å². The van der Waals surface area contributed by atoms with Gasteiger partial charge in [-0.15, -0.1) is 0 Å². The number of fused-ring (bicyclic) bond motifs is 2. The van der Waals surface area contributed by atoms with Gasteiger partial charge in [0.15, 0.2) is 0 Å². The summed E-state index contributed by atoms with van der Waals surface area (Å²) < 4.78 is 47.2. The normalized spacial score (nSPS) is 12.7. The number of para-hydroxylation sites is 1. The fourth-order valence-electron chi connectivity index (χ4n) is 3.34. The number of benzene rings is 2. The molecule has 2 N–H and O–H groups in total. The number of methoxy groups -OCH3 is 1. The SMILES string of the molecule is CC.COc1ccc2[nH]cc(C(c3c[nH]c4ccccc34)C(F)(F)F)c2c1. The summed E-state index contributed by atoms with van der Waals surface area (Å²) in [7, 11) is 1.49. The van der Waals surface area contributed by atoms with Crippen LogP contribution in [0.5, 0.6) is 5.75 Å². The van der Waals surface area contributed by atoms with Crippen LogP contribution in [0.15, 0.2) is 54.9 Å². The highest BCUT2D eigenvalue weighted by molar-refractivity contribution is 5.89. The van der Waals surface area contributed by atoms with E-state index >= 15 is 0 Å². The summed E-state index contributed by atoms with van der Waals surface area (Å²) >= 11 is 0. The molecule has 0 spiro atoms. The molecule has 6 heteroatoms. The second-order valence-electron chi connectivity index (χ2n) is 5.92. The molecule has 0 fully saturated rings. The van der Waals surface area contributed by atoms with Crippen LogP contribution in [0, 0.1) is 0 Å². The molecule has 4 rings (SSSR count). The summed E-state index contributed by atoms with van der Waals surface area (Å²) in [5.74, 6) is -1.21. The fourth-order valence-corrected chi connectivity index (χ4v) is 3.34. The molecule has 0 amide bonds. The van der Waals surface area contributed by atoms with E-state index in [2.05, 4.69) is 9.97 Å². The van der Waals surface area contributed by atoms with E-state index in [4.69, 9.17) is 4.74 Å². The highest BCUT2D eigenvalue weighted by Gasteiger charge is 2.44. The first-order chi connectivity index (χ1) is 13.0. The lowest BCUT2D eigenvalue weighted by Gasteiger charge is -2.20. The first-order valence-corrected chi connectivity index (χ1v) is 8.77. The molecule has 2 heterocycles. The first kappa shape index (κ1) is 18.9. The number of alkyl halides is 3. The van der Waals surface area contributed by atoms with E-state index in [0.29, 0.717) is 27.6 Å². The Bertz CT molecular complexity index is 1050. The van der Waals surface area contributed by atoms with Gasteiger partial charge in [0.1, 0.15) is 11.7 Å². The zero-order valence-corrected chi connectivity index (χ0v) is 15.3. The average molecular weight is 374 g/mol. The molecular weight excluding hydrogens is 353 g/mol. The second kappa shape index (κ2) is 7.39. The maximum Gasteiger partial charge on any atom is 0.399 e. The van der Waals surface area contributed by atoms with Crippen LogP contribution < -0.4 is 4.74 Å². The molecule has 0 aliphatic heterocycles. The molecule has 27 heavy (non-hydrogen) atoms. The van der Waals surface area contributed by atoms with Gasteiger partial charge in [0.05, 0.1) is 7.11 Å². The highest BCUT2D eigenvalue weighted by Crippen LogP contribution is 2.45. The number of H-pyrrole nitrogens is 2. The second-order valence-corrected chi connectivity index (χ2v) is 5.92. The number of nitrogens with one attached hydrogen (secondary N) is 2.